The molecule has 2 aromatic rings. The van der Waals surface area contributed by atoms with E-state index in [0.29, 0.717) is 18.1 Å². The monoisotopic (exact) mass is 546 g/mol. The van der Waals surface area contributed by atoms with E-state index in [1.807, 2.05) is 43.3 Å². The van der Waals surface area contributed by atoms with Gasteiger partial charge in [-0.3, -0.25) is 9.80 Å². The summed E-state index contributed by atoms with van der Waals surface area (Å²) in [5.74, 6) is -0.0465. The number of piperazine rings is 1. The molecule has 214 valence electrons. The van der Waals surface area contributed by atoms with Gasteiger partial charge in [0.25, 0.3) is 0 Å². The number of benzene rings is 2. The van der Waals surface area contributed by atoms with Crippen molar-refractivity contribution in [3.05, 3.63) is 47.5 Å². The van der Waals surface area contributed by atoms with Crippen LogP contribution in [0, 0.1) is 0 Å². The van der Waals surface area contributed by atoms with Gasteiger partial charge in [0.1, 0.15) is 6.61 Å². The van der Waals surface area contributed by atoms with Gasteiger partial charge in [-0.15, -0.1) is 0 Å². The maximum Gasteiger partial charge on any atom is 0.414 e. The zero-order valence-corrected chi connectivity index (χ0v) is 23.1. The molecule has 0 atom stereocenters. The SMILES string of the molecule is CC=Cc1ccc(OCCN2CCN(Cc3ccc(OC)c(OC)c3OC)CC2)c(OC)c1.O=C(O)C(=O)O. The van der Waals surface area contributed by atoms with E-state index in [0.717, 1.165) is 67.6 Å². The third-order valence-corrected chi connectivity index (χ3v) is 6.04. The fraction of sp³-hybridized carbons (Fsp3) is 0.429. The number of carboxylic acids is 2. The lowest BCUT2D eigenvalue weighted by atomic mass is 10.1. The highest BCUT2D eigenvalue weighted by Gasteiger charge is 2.21. The average molecular weight is 547 g/mol. The number of hydrogen-bond acceptors (Lipinski definition) is 9. The molecule has 39 heavy (non-hydrogen) atoms. The molecule has 1 saturated heterocycles. The molecule has 11 nitrogen and oxygen atoms in total. The molecular weight excluding hydrogens is 508 g/mol. The maximum absolute atomic E-state index is 9.10. The van der Waals surface area contributed by atoms with Crippen molar-refractivity contribution in [1.29, 1.82) is 0 Å². The number of allylic oxidation sites excluding steroid dienone is 1. The Hall–Kier alpha value is -3.96. The first kappa shape index (κ1) is 31.3. The summed E-state index contributed by atoms with van der Waals surface area (Å²) in [6.07, 6.45) is 4.06. The Morgan fingerprint density at radius 3 is 1.92 bits per heavy atom. The summed E-state index contributed by atoms with van der Waals surface area (Å²) >= 11 is 0. The Labute approximate surface area is 229 Å². The van der Waals surface area contributed by atoms with E-state index in [-0.39, 0.29) is 0 Å². The lowest BCUT2D eigenvalue weighted by Gasteiger charge is -2.35. The molecule has 2 N–H and O–H groups in total. The van der Waals surface area contributed by atoms with Crippen molar-refractivity contribution in [2.75, 3.05) is 67.8 Å². The van der Waals surface area contributed by atoms with Crippen LogP contribution in [0.4, 0.5) is 0 Å². The van der Waals surface area contributed by atoms with Crippen LogP contribution < -0.4 is 23.7 Å². The van der Waals surface area contributed by atoms with Crippen LogP contribution >= 0.6 is 0 Å². The Morgan fingerprint density at radius 2 is 1.38 bits per heavy atom. The number of ether oxygens (including phenoxy) is 5. The molecule has 0 bridgehead atoms. The summed E-state index contributed by atoms with van der Waals surface area (Å²) in [6.45, 7) is 8.28. The Bertz CT molecular complexity index is 1100. The van der Waals surface area contributed by atoms with Crippen LogP contribution in [0.5, 0.6) is 28.7 Å². The molecule has 0 unspecified atom stereocenters. The molecule has 11 heteroatoms. The molecule has 1 heterocycles. The normalized spacial score (nSPS) is 13.8. The summed E-state index contributed by atoms with van der Waals surface area (Å²) in [6, 6.07) is 10.00. The minimum atomic E-state index is -1.82. The predicted octanol–water partition coefficient (Wildman–Crippen LogP) is 3.11. The number of methoxy groups -OCH3 is 4. The molecule has 0 aliphatic carbocycles. The smallest absolute Gasteiger partial charge is 0.414 e. The minimum absolute atomic E-state index is 0.628. The quantitative estimate of drug-likeness (QED) is 0.404. The molecule has 0 aromatic heterocycles. The van der Waals surface area contributed by atoms with E-state index in [2.05, 4.69) is 15.9 Å². The first-order chi connectivity index (χ1) is 18.8. The summed E-state index contributed by atoms with van der Waals surface area (Å²) in [7, 11) is 6.61. The number of nitrogens with zero attached hydrogens (tertiary/aromatic N) is 2. The number of rotatable bonds is 11. The maximum atomic E-state index is 9.10. The van der Waals surface area contributed by atoms with Crippen LogP contribution in [-0.4, -0.2) is 99.7 Å². The largest absolute Gasteiger partial charge is 0.493 e. The van der Waals surface area contributed by atoms with Gasteiger partial charge < -0.3 is 33.9 Å². The fourth-order valence-corrected chi connectivity index (χ4v) is 4.08. The van der Waals surface area contributed by atoms with Gasteiger partial charge in [0.05, 0.1) is 28.4 Å². The Morgan fingerprint density at radius 1 is 0.795 bits per heavy atom. The summed E-state index contributed by atoms with van der Waals surface area (Å²) in [5.41, 5.74) is 2.20. The molecule has 1 aliphatic heterocycles. The van der Waals surface area contributed by atoms with Gasteiger partial charge in [-0.2, -0.15) is 0 Å². The highest BCUT2D eigenvalue weighted by molar-refractivity contribution is 6.27. The first-order valence-corrected chi connectivity index (χ1v) is 12.4. The van der Waals surface area contributed by atoms with Crippen molar-refractivity contribution in [1.82, 2.24) is 9.80 Å². The van der Waals surface area contributed by atoms with Gasteiger partial charge in [0, 0.05) is 44.8 Å². The second kappa shape index (κ2) is 16.1. The van der Waals surface area contributed by atoms with Crippen LogP contribution in [-0.2, 0) is 16.1 Å². The summed E-state index contributed by atoms with van der Waals surface area (Å²) < 4.78 is 28.1. The van der Waals surface area contributed by atoms with Crippen LogP contribution in [0.3, 0.4) is 0 Å². The van der Waals surface area contributed by atoms with E-state index < -0.39 is 11.9 Å². The lowest BCUT2D eigenvalue weighted by molar-refractivity contribution is -0.159. The van der Waals surface area contributed by atoms with Crippen LogP contribution in [0.25, 0.3) is 6.08 Å². The number of carbonyl (C=O) groups is 2. The molecule has 0 spiro atoms. The second-order valence-corrected chi connectivity index (χ2v) is 8.48. The van der Waals surface area contributed by atoms with Gasteiger partial charge in [-0.05, 0) is 30.7 Å². The van der Waals surface area contributed by atoms with E-state index >= 15 is 0 Å². The summed E-state index contributed by atoms with van der Waals surface area (Å²) in [5, 5.41) is 14.8. The van der Waals surface area contributed by atoms with E-state index in [4.69, 9.17) is 43.5 Å². The van der Waals surface area contributed by atoms with Crippen LogP contribution in [0.15, 0.2) is 36.4 Å². The van der Waals surface area contributed by atoms with Gasteiger partial charge in [-0.25, -0.2) is 9.59 Å². The number of carboxylic acid groups (broad SMARTS) is 2. The zero-order valence-electron chi connectivity index (χ0n) is 23.1. The fourth-order valence-electron chi connectivity index (χ4n) is 4.08. The average Bonchev–Trinajstić information content (AvgIpc) is 2.94. The molecule has 3 rings (SSSR count). The second-order valence-electron chi connectivity index (χ2n) is 8.48. The van der Waals surface area contributed by atoms with Crippen molar-refractivity contribution in [2.45, 2.75) is 13.5 Å². The Balaban J connectivity index is 0.000000798. The van der Waals surface area contributed by atoms with Crippen LogP contribution in [0.2, 0.25) is 0 Å². The third-order valence-electron chi connectivity index (χ3n) is 6.04. The van der Waals surface area contributed by atoms with Gasteiger partial charge >= 0.3 is 11.9 Å². The first-order valence-electron chi connectivity index (χ1n) is 12.4. The third kappa shape index (κ3) is 9.38. The lowest BCUT2D eigenvalue weighted by Crippen LogP contribution is -2.47. The zero-order chi connectivity index (χ0) is 28.8. The number of hydrogen-bond donors (Lipinski definition) is 2. The van der Waals surface area contributed by atoms with E-state index in [1.54, 1.807) is 28.4 Å². The van der Waals surface area contributed by atoms with Crippen molar-refractivity contribution < 1.29 is 43.5 Å². The molecule has 1 aliphatic rings. The van der Waals surface area contributed by atoms with Crippen molar-refractivity contribution >= 4 is 18.0 Å². The molecule has 0 radical (unpaired) electrons. The number of aliphatic carboxylic acids is 2. The Kier molecular flexibility index (Phi) is 12.9. The molecular formula is C28H38N2O9. The standard InChI is InChI=1S/C26H36N2O5.C2H2O4/c1-6-7-20-8-10-22(24(18-20)30-3)33-17-16-27-12-14-28(15-13-27)19-21-9-11-23(29-2)26(32-5)25(21)31-4;3-1(4)2(5)6/h6-11,18H,12-17,19H2,1-5H3;(H,3,4)(H,5,6). The molecule has 1 fully saturated rings. The minimum Gasteiger partial charge on any atom is -0.493 e. The van der Waals surface area contributed by atoms with E-state index in [9.17, 15) is 0 Å². The van der Waals surface area contributed by atoms with Crippen molar-refractivity contribution in [3.63, 3.8) is 0 Å². The highest BCUT2D eigenvalue weighted by atomic mass is 16.5. The summed E-state index contributed by atoms with van der Waals surface area (Å²) in [4.78, 5) is 23.1. The highest BCUT2D eigenvalue weighted by Crippen LogP contribution is 2.40. The van der Waals surface area contributed by atoms with Crippen LogP contribution in [0.1, 0.15) is 18.1 Å². The molecule has 0 amide bonds. The van der Waals surface area contributed by atoms with E-state index in [1.165, 1.54) is 0 Å². The van der Waals surface area contributed by atoms with Crippen molar-refractivity contribution in [3.8, 4) is 28.7 Å². The van der Waals surface area contributed by atoms with Crippen molar-refractivity contribution in [2.24, 2.45) is 0 Å². The molecule has 2 aromatic carbocycles. The van der Waals surface area contributed by atoms with Gasteiger partial charge in [0.15, 0.2) is 23.0 Å². The topological polar surface area (TPSA) is 127 Å². The predicted molar refractivity (Wildman–Crippen MR) is 146 cm³/mol. The molecule has 0 saturated carbocycles. The van der Waals surface area contributed by atoms with Gasteiger partial charge in [-0.1, -0.05) is 24.3 Å². The van der Waals surface area contributed by atoms with Gasteiger partial charge in [0.2, 0.25) is 5.75 Å².